The number of anilines is 1. The standard InChI is InChI=1S/C17H19N5OS/c1-11-15(19-10-18-11)16(23)20-12-5-4-8-22(9-12)17-21-13-6-2-3-7-14(13)24-17/h2-3,6-7,10,12H,4-5,8-9H2,1H3,(H,18,19)(H,20,23)/t12-/m1/s1. The molecule has 2 N–H and O–H groups in total. The van der Waals surface area contributed by atoms with Crippen molar-refractivity contribution < 1.29 is 4.79 Å². The number of rotatable bonds is 3. The van der Waals surface area contributed by atoms with Crippen molar-refractivity contribution in [1.82, 2.24) is 20.3 Å². The number of fused-ring (bicyclic) bond motifs is 1. The molecule has 0 unspecified atom stereocenters. The summed E-state index contributed by atoms with van der Waals surface area (Å²) in [6.45, 7) is 3.62. The van der Waals surface area contributed by atoms with Crippen LogP contribution in [0.25, 0.3) is 10.2 Å². The van der Waals surface area contributed by atoms with Crippen LogP contribution in [0.3, 0.4) is 0 Å². The SMILES string of the molecule is Cc1[nH]cnc1C(=O)N[C@@H]1CCCN(c2nc3ccccc3s2)C1. The molecular weight excluding hydrogens is 322 g/mol. The topological polar surface area (TPSA) is 73.9 Å². The first-order valence-corrected chi connectivity index (χ1v) is 8.94. The first-order valence-electron chi connectivity index (χ1n) is 8.12. The molecule has 1 aromatic carbocycles. The minimum atomic E-state index is -0.107. The summed E-state index contributed by atoms with van der Waals surface area (Å²) in [5, 5.41) is 4.14. The Morgan fingerprint density at radius 2 is 2.29 bits per heavy atom. The molecule has 1 amide bonds. The molecule has 0 saturated carbocycles. The molecule has 0 aliphatic carbocycles. The molecule has 1 saturated heterocycles. The molecule has 1 aliphatic rings. The number of amides is 1. The van der Waals surface area contributed by atoms with Crippen LogP contribution < -0.4 is 10.2 Å². The van der Waals surface area contributed by atoms with Gasteiger partial charge in [0.2, 0.25) is 0 Å². The second-order valence-electron chi connectivity index (χ2n) is 6.10. The van der Waals surface area contributed by atoms with Crippen LogP contribution in [0.5, 0.6) is 0 Å². The fourth-order valence-electron chi connectivity index (χ4n) is 3.11. The second-order valence-corrected chi connectivity index (χ2v) is 7.11. The van der Waals surface area contributed by atoms with Gasteiger partial charge in [0.25, 0.3) is 5.91 Å². The number of nitrogens with zero attached hydrogens (tertiary/aromatic N) is 3. The van der Waals surface area contributed by atoms with E-state index in [4.69, 9.17) is 4.98 Å². The first-order chi connectivity index (χ1) is 11.7. The molecule has 6 nitrogen and oxygen atoms in total. The van der Waals surface area contributed by atoms with Gasteiger partial charge in [0.1, 0.15) is 5.69 Å². The lowest BCUT2D eigenvalue weighted by molar-refractivity contribution is 0.0928. The summed E-state index contributed by atoms with van der Waals surface area (Å²) >= 11 is 1.71. The summed E-state index contributed by atoms with van der Waals surface area (Å²) in [7, 11) is 0. The van der Waals surface area contributed by atoms with Crippen LogP contribution in [-0.2, 0) is 0 Å². The van der Waals surface area contributed by atoms with Gasteiger partial charge in [-0.1, -0.05) is 23.5 Å². The van der Waals surface area contributed by atoms with Gasteiger partial charge < -0.3 is 15.2 Å². The highest BCUT2D eigenvalue weighted by atomic mass is 32.1. The Hall–Kier alpha value is -2.41. The molecule has 4 rings (SSSR count). The molecule has 124 valence electrons. The molecule has 3 aromatic rings. The monoisotopic (exact) mass is 341 g/mol. The van der Waals surface area contributed by atoms with Crippen molar-refractivity contribution in [3.05, 3.63) is 42.0 Å². The van der Waals surface area contributed by atoms with E-state index in [0.717, 1.165) is 42.3 Å². The molecule has 0 bridgehead atoms. The fourth-order valence-corrected chi connectivity index (χ4v) is 4.11. The van der Waals surface area contributed by atoms with Crippen LogP contribution in [0.2, 0.25) is 0 Å². The van der Waals surface area contributed by atoms with Gasteiger partial charge in [-0.05, 0) is 31.9 Å². The van der Waals surface area contributed by atoms with Crippen molar-refractivity contribution >= 4 is 32.6 Å². The van der Waals surface area contributed by atoms with Crippen LogP contribution in [0.4, 0.5) is 5.13 Å². The summed E-state index contributed by atoms with van der Waals surface area (Å²) in [6, 6.07) is 8.31. The molecule has 1 fully saturated rings. The lowest BCUT2D eigenvalue weighted by atomic mass is 10.1. The number of aromatic amines is 1. The number of H-pyrrole nitrogens is 1. The number of nitrogens with one attached hydrogen (secondary N) is 2. The molecule has 7 heteroatoms. The van der Waals surface area contributed by atoms with Gasteiger partial charge in [-0.3, -0.25) is 4.79 Å². The quantitative estimate of drug-likeness (QED) is 0.768. The summed E-state index contributed by atoms with van der Waals surface area (Å²) in [5.41, 5.74) is 2.31. The minimum absolute atomic E-state index is 0.107. The number of imidazole rings is 1. The molecule has 3 heterocycles. The van der Waals surface area contributed by atoms with Crippen LogP contribution in [0.15, 0.2) is 30.6 Å². The minimum Gasteiger partial charge on any atom is -0.348 e. The van der Waals surface area contributed by atoms with Crippen molar-refractivity contribution in [2.75, 3.05) is 18.0 Å². The van der Waals surface area contributed by atoms with E-state index in [1.165, 1.54) is 4.70 Å². The number of piperidine rings is 1. The van der Waals surface area contributed by atoms with Crippen LogP contribution >= 0.6 is 11.3 Å². The Labute approximate surface area is 143 Å². The third-order valence-electron chi connectivity index (χ3n) is 4.35. The summed E-state index contributed by atoms with van der Waals surface area (Å²) in [5.74, 6) is -0.107. The Balaban J connectivity index is 1.47. The largest absolute Gasteiger partial charge is 0.348 e. The maximum absolute atomic E-state index is 12.4. The van der Waals surface area contributed by atoms with Gasteiger partial charge in [0.15, 0.2) is 5.13 Å². The van der Waals surface area contributed by atoms with Crippen molar-refractivity contribution in [2.45, 2.75) is 25.8 Å². The molecular formula is C17H19N5OS. The Kier molecular flexibility index (Phi) is 3.93. The maximum atomic E-state index is 12.4. The third-order valence-corrected chi connectivity index (χ3v) is 5.45. The van der Waals surface area contributed by atoms with Gasteiger partial charge in [0.05, 0.1) is 16.5 Å². The van der Waals surface area contributed by atoms with E-state index < -0.39 is 0 Å². The average Bonchev–Trinajstić information content (AvgIpc) is 3.21. The lowest BCUT2D eigenvalue weighted by Crippen LogP contribution is -2.48. The fraction of sp³-hybridized carbons (Fsp3) is 0.353. The molecule has 0 spiro atoms. The highest BCUT2D eigenvalue weighted by Gasteiger charge is 2.25. The number of aromatic nitrogens is 3. The van der Waals surface area contributed by atoms with Crippen LogP contribution in [-0.4, -0.2) is 40.0 Å². The third kappa shape index (κ3) is 2.87. The lowest BCUT2D eigenvalue weighted by Gasteiger charge is -2.32. The van der Waals surface area contributed by atoms with E-state index in [1.54, 1.807) is 17.7 Å². The second kappa shape index (κ2) is 6.24. The number of aryl methyl sites for hydroxylation is 1. The summed E-state index contributed by atoms with van der Waals surface area (Å²) < 4.78 is 1.20. The molecule has 2 aromatic heterocycles. The summed E-state index contributed by atoms with van der Waals surface area (Å²) in [6.07, 6.45) is 3.58. The molecule has 24 heavy (non-hydrogen) atoms. The maximum Gasteiger partial charge on any atom is 0.272 e. The van der Waals surface area contributed by atoms with Crippen molar-refractivity contribution in [3.63, 3.8) is 0 Å². The zero-order chi connectivity index (χ0) is 16.5. The average molecular weight is 341 g/mol. The summed E-state index contributed by atoms with van der Waals surface area (Å²) in [4.78, 5) is 26.4. The predicted octanol–water partition coefficient (Wildman–Crippen LogP) is 2.73. The van der Waals surface area contributed by atoms with E-state index in [0.29, 0.717) is 5.69 Å². The van der Waals surface area contributed by atoms with E-state index in [1.807, 2.05) is 25.1 Å². The number of benzene rings is 1. The van der Waals surface area contributed by atoms with E-state index in [-0.39, 0.29) is 11.9 Å². The van der Waals surface area contributed by atoms with Crippen molar-refractivity contribution in [2.24, 2.45) is 0 Å². The highest BCUT2D eigenvalue weighted by Crippen LogP contribution is 2.30. The van der Waals surface area contributed by atoms with E-state index in [2.05, 4.69) is 26.3 Å². The zero-order valence-electron chi connectivity index (χ0n) is 13.5. The highest BCUT2D eigenvalue weighted by molar-refractivity contribution is 7.22. The Morgan fingerprint density at radius 1 is 1.42 bits per heavy atom. The van der Waals surface area contributed by atoms with Crippen molar-refractivity contribution in [1.29, 1.82) is 0 Å². The van der Waals surface area contributed by atoms with Crippen LogP contribution in [0, 0.1) is 6.92 Å². The Bertz CT molecular complexity index is 838. The number of carbonyl (C=O) groups is 1. The first kappa shape index (κ1) is 15.1. The van der Waals surface area contributed by atoms with Gasteiger partial charge in [-0.15, -0.1) is 0 Å². The van der Waals surface area contributed by atoms with Gasteiger partial charge in [-0.2, -0.15) is 0 Å². The smallest absolute Gasteiger partial charge is 0.272 e. The zero-order valence-corrected chi connectivity index (χ0v) is 14.3. The predicted molar refractivity (Wildman–Crippen MR) is 95.6 cm³/mol. The van der Waals surface area contributed by atoms with Gasteiger partial charge >= 0.3 is 0 Å². The normalized spacial score (nSPS) is 18.0. The molecule has 1 aliphatic heterocycles. The number of hydrogen-bond acceptors (Lipinski definition) is 5. The van der Waals surface area contributed by atoms with Crippen molar-refractivity contribution in [3.8, 4) is 0 Å². The number of thiazole rings is 1. The number of hydrogen-bond donors (Lipinski definition) is 2. The molecule has 1 atom stereocenters. The van der Waals surface area contributed by atoms with Crippen LogP contribution in [0.1, 0.15) is 29.0 Å². The van der Waals surface area contributed by atoms with Gasteiger partial charge in [0, 0.05) is 24.8 Å². The van der Waals surface area contributed by atoms with E-state index in [9.17, 15) is 4.79 Å². The number of para-hydroxylation sites is 1. The Morgan fingerprint density at radius 3 is 3.08 bits per heavy atom. The number of carbonyl (C=O) groups excluding carboxylic acids is 1. The van der Waals surface area contributed by atoms with Gasteiger partial charge in [-0.25, -0.2) is 9.97 Å². The molecule has 0 radical (unpaired) electrons. The van der Waals surface area contributed by atoms with E-state index >= 15 is 0 Å².